The molecule has 0 atom stereocenters. The molecule has 0 saturated carbocycles. The summed E-state index contributed by atoms with van der Waals surface area (Å²) in [5, 5.41) is 6.19. The van der Waals surface area contributed by atoms with Crippen LogP contribution >= 0.6 is 0 Å². The van der Waals surface area contributed by atoms with E-state index in [0.29, 0.717) is 24.6 Å². The number of nitrogens with one attached hydrogen (secondary N) is 1. The van der Waals surface area contributed by atoms with Crippen LogP contribution in [0.2, 0.25) is 0 Å². The molecule has 17 heavy (non-hydrogen) atoms. The zero-order chi connectivity index (χ0) is 12.9. The second kappa shape index (κ2) is 5.67. The van der Waals surface area contributed by atoms with E-state index >= 15 is 0 Å². The smallest absolute Gasteiger partial charge is 0.413 e. The van der Waals surface area contributed by atoms with Crippen LogP contribution in [0.1, 0.15) is 26.5 Å². The van der Waals surface area contributed by atoms with Gasteiger partial charge in [0.25, 0.3) is 0 Å². The first-order chi connectivity index (χ1) is 7.90. The minimum Gasteiger partial charge on any atom is -0.444 e. The monoisotopic (exact) mass is 242 g/mol. The van der Waals surface area contributed by atoms with Crippen molar-refractivity contribution >= 4 is 11.9 Å². The fourth-order valence-corrected chi connectivity index (χ4v) is 1.10. The number of hydrogen-bond donors (Lipinski definition) is 1. The van der Waals surface area contributed by atoms with Crippen molar-refractivity contribution in [3.05, 3.63) is 11.8 Å². The van der Waals surface area contributed by atoms with Crippen LogP contribution in [0, 0.1) is 0 Å². The van der Waals surface area contributed by atoms with Crippen LogP contribution in [0.5, 0.6) is 0 Å². The van der Waals surface area contributed by atoms with Gasteiger partial charge in [0.2, 0.25) is 0 Å². The average Bonchev–Trinajstić information content (AvgIpc) is 2.59. The van der Waals surface area contributed by atoms with Crippen LogP contribution in [-0.4, -0.2) is 30.6 Å². The average molecular weight is 242 g/mol. The van der Waals surface area contributed by atoms with Gasteiger partial charge in [0.05, 0.1) is 6.61 Å². The number of ether oxygens (including phenoxy) is 2. The normalized spacial score (nSPS) is 11.3. The Hall–Kier alpha value is -1.56. The van der Waals surface area contributed by atoms with Crippen molar-refractivity contribution in [1.82, 2.24) is 5.16 Å². The van der Waals surface area contributed by atoms with Crippen LogP contribution < -0.4 is 5.32 Å². The Morgan fingerprint density at radius 1 is 1.53 bits per heavy atom. The van der Waals surface area contributed by atoms with Gasteiger partial charge in [-0.3, -0.25) is 5.32 Å². The number of amides is 1. The molecule has 0 aromatic carbocycles. The third-order valence-electron chi connectivity index (χ3n) is 1.74. The number of carbonyl (C=O) groups is 1. The van der Waals surface area contributed by atoms with Crippen LogP contribution in [0.15, 0.2) is 10.6 Å². The molecule has 0 aliphatic carbocycles. The van der Waals surface area contributed by atoms with Crippen molar-refractivity contribution in [2.45, 2.75) is 32.8 Å². The van der Waals surface area contributed by atoms with Crippen molar-refractivity contribution in [1.29, 1.82) is 0 Å². The molecule has 0 saturated heterocycles. The molecule has 0 spiro atoms. The standard InChI is InChI=1S/C11H18N2O4/c1-11(2,3)16-10(14)12-9-7-8(17-13-9)5-6-15-4/h7H,5-6H2,1-4H3,(H,12,13,14). The molecule has 1 heterocycles. The molecular formula is C11H18N2O4. The summed E-state index contributed by atoms with van der Waals surface area (Å²) in [6, 6.07) is 1.64. The van der Waals surface area contributed by atoms with E-state index in [2.05, 4.69) is 10.5 Å². The molecule has 1 N–H and O–H groups in total. The van der Waals surface area contributed by atoms with Crippen molar-refractivity contribution in [3.63, 3.8) is 0 Å². The first-order valence-electron chi connectivity index (χ1n) is 5.35. The molecule has 0 bridgehead atoms. The maximum atomic E-state index is 11.4. The largest absolute Gasteiger partial charge is 0.444 e. The van der Waals surface area contributed by atoms with E-state index in [1.54, 1.807) is 33.9 Å². The van der Waals surface area contributed by atoms with Crippen LogP contribution in [0.3, 0.4) is 0 Å². The minimum absolute atomic E-state index is 0.338. The summed E-state index contributed by atoms with van der Waals surface area (Å²) in [6.45, 7) is 5.92. The van der Waals surface area contributed by atoms with E-state index in [1.807, 2.05) is 0 Å². The Morgan fingerprint density at radius 3 is 2.82 bits per heavy atom. The summed E-state index contributed by atoms with van der Waals surface area (Å²) in [4.78, 5) is 11.4. The van der Waals surface area contributed by atoms with E-state index in [-0.39, 0.29) is 0 Å². The number of hydrogen-bond acceptors (Lipinski definition) is 5. The van der Waals surface area contributed by atoms with Gasteiger partial charge >= 0.3 is 6.09 Å². The van der Waals surface area contributed by atoms with Gasteiger partial charge in [0.15, 0.2) is 5.82 Å². The molecule has 0 radical (unpaired) electrons. The minimum atomic E-state index is -0.552. The van der Waals surface area contributed by atoms with Crippen molar-refractivity contribution < 1.29 is 18.8 Å². The topological polar surface area (TPSA) is 73.6 Å². The van der Waals surface area contributed by atoms with Gasteiger partial charge in [-0.1, -0.05) is 5.16 Å². The summed E-state index contributed by atoms with van der Waals surface area (Å²) >= 11 is 0. The lowest BCUT2D eigenvalue weighted by atomic mass is 10.2. The Bertz CT molecular complexity index is 368. The van der Waals surface area contributed by atoms with Crippen LogP contribution in [0.25, 0.3) is 0 Å². The van der Waals surface area contributed by atoms with Crippen molar-refractivity contribution in [3.8, 4) is 0 Å². The first kappa shape index (κ1) is 13.5. The summed E-state index contributed by atoms with van der Waals surface area (Å²) in [6.07, 6.45) is 0.0588. The van der Waals surface area contributed by atoms with Gasteiger partial charge in [-0.05, 0) is 20.8 Å². The number of rotatable bonds is 4. The highest BCUT2D eigenvalue weighted by Crippen LogP contribution is 2.12. The molecule has 1 rings (SSSR count). The first-order valence-corrected chi connectivity index (χ1v) is 5.35. The zero-order valence-corrected chi connectivity index (χ0v) is 10.6. The Balaban J connectivity index is 2.46. The number of nitrogens with zero attached hydrogens (tertiary/aromatic N) is 1. The molecule has 6 heteroatoms. The van der Waals surface area contributed by atoms with Gasteiger partial charge in [-0.2, -0.15) is 0 Å². The van der Waals surface area contributed by atoms with E-state index in [9.17, 15) is 4.79 Å². The third kappa shape index (κ3) is 5.35. The predicted molar refractivity (Wildman–Crippen MR) is 61.9 cm³/mol. The second-order valence-corrected chi connectivity index (χ2v) is 4.55. The Kier molecular flexibility index (Phi) is 4.51. The molecule has 0 fully saturated rings. The quantitative estimate of drug-likeness (QED) is 0.876. The highest BCUT2D eigenvalue weighted by molar-refractivity contribution is 5.83. The van der Waals surface area contributed by atoms with E-state index in [0.717, 1.165) is 0 Å². The van der Waals surface area contributed by atoms with E-state index < -0.39 is 11.7 Å². The maximum Gasteiger partial charge on any atom is 0.413 e. The van der Waals surface area contributed by atoms with Gasteiger partial charge in [-0.15, -0.1) is 0 Å². The maximum absolute atomic E-state index is 11.4. The number of anilines is 1. The van der Waals surface area contributed by atoms with E-state index in [1.165, 1.54) is 0 Å². The molecule has 1 amide bonds. The molecule has 96 valence electrons. The lowest BCUT2D eigenvalue weighted by Crippen LogP contribution is -2.27. The zero-order valence-electron chi connectivity index (χ0n) is 10.6. The summed E-state index contributed by atoms with van der Waals surface area (Å²) < 4.78 is 15.0. The van der Waals surface area contributed by atoms with Gasteiger partial charge in [-0.25, -0.2) is 4.79 Å². The van der Waals surface area contributed by atoms with Gasteiger partial charge in [0.1, 0.15) is 11.4 Å². The van der Waals surface area contributed by atoms with Crippen molar-refractivity contribution in [2.75, 3.05) is 19.0 Å². The lowest BCUT2D eigenvalue weighted by Gasteiger charge is -2.18. The fourth-order valence-electron chi connectivity index (χ4n) is 1.10. The molecule has 6 nitrogen and oxygen atoms in total. The molecule has 1 aromatic heterocycles. The lowest BCUT2D eigenvalue weighted by molar-refractivity contribution is 0.0634. The molecule has 0 aliphatic rings. The van der Waals surface area contributed by atoms with Gasteiger partial charge in [0, 0.05) is 19.6 Å². The Labute approximate surface area is 100 Å². The Morgan fingerprint density at radius 2 is 2.24 bits per heavy atom. The number of aromatic nitrogens is 1. The van der Waals surface area contributed by atoms with Gasteiger partial charge < -0.3 is 14.0 Å². The molecular weight excluding hydrogens is 224 g/mol. The highest BCUT2D eigenvalue weighted by atomic mass is 16.6. The summed E-state index contributed by atoms with van der Waals surface area (Å²) in [5.74, 6) is 0.989. The summed E-state index contributed by atoms with van der Waals surface area (Å²) in [5.41, 5.74) is -0.535. The molecule has 0 unspecified atom stereocenters. The van der Waals surface area contributed by atoms with Crippen LogP contribution in [0.4, 0.5) is 10.6 Å². The van der Waals surface area contributed by atoms with Crippen LogP contribution in [-0.2, 0) is 15.9 Å². The fraction of sp³-hybridized carbons (Fsp3) is 0.636. The van der Waals surface area contributed by atoms with E-state index in [4.69, 9.17) is 14.0 Å². The number of methoxy groups -OCH3 is 1. The molecule has 0 aliphatic heterocycles. The van der Waals surface area contributed by atoms with Crippen molar-refractivity contribution in [2.24, 2.45) is 0 Å². The SMILES string of the molecule is COCCc1cc(NC(=O)OC(C)(C)C)no1. The second-order valence-electron chi connectivity index (χ2n) is 4.55. The predicted octanol–water partition coefficient (Wildman–Crippen LogP) is 2.21. The summed E-state index contributed by atoms with van der Waals surface area (Å²) in [7, 11) is 1.61. The molecule has 1 aromatic rings. The number of carbonyl (C=O) groups excluding carboxylic acids is 1. The highest BCUT2D eigenvalue weighted by Gasteiger charge is 2.17. The third-order valence-corrected chi connectivity index (χ3v) is 1.74.